The van der Waals surface area contributed by atoms with Crippen molar-refractivity contribution in [2.24, 2.45) is 0 Å². The summed E-state index contributed by atoms with van der Waals surface area (Å²) in [6.45, 7) is 5.92. The standard InChI is InChI=1S/C21H22ClN3O2S/c1-15-3-4-16(2)21(13-15)28(26,27)25-11-9-24(10-12-25)20-7-8-23-19-14-17(22)5-6-18(19)20/h3-8,13-14H,9-12H2,1-2H3. The Labute approximate surface area is 170 Å². The smallest absolute Gasteiger partial charge is 0.243 e. The van der Waals surface area contributed by atoms with Crippen LogP contribution in [0.2, 0.25) is 5.02 Å². The molecule has 0 bridgehead atoms. The number of aromatic nitrogens is 1. The number of hydrogen-bond donors (Lipinski definition) is 0. The molecule has 0 spiro atoms. The van der Waals surface area contributed by atoms with Gasteiger partial charge < -0.3 is 4.90 Å². The van der Waals surface area contributed by atoms with E-state index in [1.807, 2.05) is 50.2 Å². The second-order valence-electron chi connectivity index (χ2n) is 7.15. The Kier molecular flexibility index (Phi) is 5.04. The third-order valence-corrected chi connectivity index (χ3v) is 7.50. The molecule has 7 heteroatoms. The molecule has 1 aromatic heterocycles. The monoisotopic (exact) mass is 415 g/mol. The lowest BCUT2D eigenvalue weighted by atomic mass is 10.1. The molecule has 0 unspecified atom stereocenters. The second-order valence-corrected chi connectivity index (χ2v) is 9.49. The van der Waals surface area contributed by atoms with Crippen molar-refractivity contribution in [1.82, 2.24) is 9.29 Å². The van der Waals surface area contributed by atoms with Crippen LogP contribution in [0.15, 0.2) is 53.6 Å². The molecule has 1 aliphatic rings. The van der Waals surface area contributed by atoms with Crippen molar-refractivity contribution in [2.75, 3.05) is 31.1 Å². The fourth-order valence-corrected chi connectivity index (χ4v) is 5.57. The molecule has 0 aliphatic carbocycles. The summed E-state index contributed by atoms with van der Waals surface area (Å²) in [6, 6.07) is 13.2. The minimum absolute atomic E-state index is 0.407. The van der Waals surface area contributed by atoms with Crippen LogP contribution >= 0.6 is 11.6 Å². The van der Waals surface area contributed by atoms with Gasteiger partial charge in [-0.15, -0.1) is 0 Å². The van der Waals surface area contributed by atoms with E-state index in [9.17, 15) is 8.42 Å². The van der Waals surface area contributed by atoms with Crippen LogP contribution in [0, 0.1) is 13.8 Å². The quantitative estimate of drug-likeness (QED) is 0.648. The Bertz CT molecular complexity index is 1140. The summed E-state index contributed by atoms with van der Waals surface area (Å²) in [4.78, 5) is 7.01. The molecule has 2 heterocycles. The molecule has 146 valence electrons. The highest BCUT2D eigenvalue weighted by Crippen LogP contribution is 2.29. The Hall–Kier alpha value is -2.15. The van der Waals surface area contributed by atoms with Gasteiger partial charge in [-0.05, 0) is 55.3 Å². The van der Waals surface area contributed by atoms with Crippen LogP contribution in [-0.4, -0.2) is 43.9 Å². The molecule has 1 aliphatic heterocycles. The zero-order chi connectivity index (χ0) is 19.9. The van der Waals surface area contributed by atoms with E-state index in [1.54, 1.807) is 16.6 Å². The first kappa shape index (κ1) is 19.2. The van der Waals surface area contributed by atoms with Crippen LogP contribution in [0.1, 0.15) is 11.1 Å². The summed E-state index contributed by atoms with van der Waals surface area (Å²) in [5, 5.41) is 1.68. The summed E-state index contributed by atoms with van der Waals surface area (Å²) >= 11 is 6.08. The first-order valence-electron chi connectivity index (χ1n) is 9.23. The molecule has 3 aromatic rings. The van der Waals surface area contributed by atoms with Crippen molar-refractivity contribution < 1.29 is 8.42 Å². The molecule has 0 radical (unpaired) electrons. The zero-order valence-electron chi connectivity index (χ0n) is 15.9. The topological polar surface area (TPSA) is 53.5 Å². The number of sulfonamides is 1. The summed E-state index contributed by atoms with van der Waals surface area (Å²) in [6.07, 6.45) is 1.77. The van der Waals surface area contributed by atoms with E-state index in [-0.39, 0.29) is 0 Å². The van der Waals surface area contributed by atoms with Gasteiger partial charge >= 0.3 is 0 Å². The van der Waals surface area contributed by atoms with Gasteiger partial charge in [0.1, 0.15) is 0 Å². The van der Waals surface area contributed by atoms with Crippen molar-refractivity contribution in [2.45, 2.75) is 18.7 Å². The van der Waals surface area contributed by atoms with Gasteiger partial charge in [-0.2, -0.15) is 4.31 Å². The predicted molar refractivity (Wildman–Crippen MR) is 114 cm³/mol. The van der Waals surface area contributed by atoms with E-state index >= 15 is 0 Å². The van der Waals surface area contributed by atoms with E-state index in [4.69, 9.17) is 11.6 Å². The lowest BCUT2D eigenvalue weighted by molar-refractivity contribution is 0.385. The molecule has 1 saturated heterocycles. The number of hydrogen-bond acceptors (Lipinski definition) is 4. The molecule has 0 N–H and O–H groups in total. The lowest BCUT2D eigenvalue weighted by Crippen LogP contribution is -2.48. The average molecular weight is 416 g/mol. The van der Waals surface area contributed by atoms with Crippen molar-refractivity contribution in [1.29, 1.82) is 0 Å². The highest BCUT2D eigenvalue weighted by atomic mass is 35.5. The van der Waals surface area contributed by atoms with Gasteiger partial charge in [-0.3, -0.25) is 4.98 Å². The van der Waals surface area contributed by atoms with Gasteiger partial charge in [0, 0.05) is 48.5 Å². The van der Waals surface area contributed by atoms with Gasteiger partial charge in [-0.25, -0.2) is 8.42 Å². The maximum Gasteiger partial charge on any atom is 0.243 e. The van der Waals surface area contributed by atoms with Crippen molar-refractivity contribution >= 4 is 38.2 Å². The van der Waals surface area contributed by atoms with Crippen LogP contribution in [0.25, 0.3) is 10.9 Å². The minimum Gasteiger partial charge on any atom is -0.368 e. The first-order valence-corrected chi connectivity index (χ1v) is 11.0. The van der Waals surface area contributed by atoms with Crippen LogP contribution in [0.5, 0.6) is 0 Å². The van der Waals surface area contributed by atoms with E-state index in [1.165, 1.54) is 0 Å². The third kappa shape index (κ3) is 3.48. The van der Waals surface area contributed by atoms with Crippen molar-refractivity contribution in [3.05, 3.63) is 64.8 Å². The molecule has 28 heavy (non-hydrogen) atoms. The third-order valence-electron chi connectivity index (χ3n) is 5.22. The van der Waals surface area contributed by atoms with Gasteiger partial charge in [-0.1, -0.05) is 23.7 Å². The number of rotatable bonds is 3. The molecular formula is C21H22ClN3O2S. The molecule has 0 amide bonds. The molecule has 2 aromatic carbocycles. The maximum absolute atomic E-state index is 13.1. The van der Waals surface area contributed by atoms with Gasteiger partial charge in [0.05, 0.1) is 10.4 Å². The van der Waals surface area contributed by atoms with Gasteiger partial charge in [0.2, 0.25) is 10.0 Å². The Morgan fingerprint density at radius 3 is 2.46 bits per heavy atom. The Morgan fingerprint density at radius 2 is 1.71 bits per heavy atom. The first-order chi connectivity index (χ1) is 13.4. The predicted octanol–water partition coefficient (Wildman–Crippen LogP) is 4.02. The van der Waals surface area contributed by atoms with Crippen molar-refractivity contribution in [3.8, 4) is 0 Å². The summed E-state index contributed by atoms with van der Waals surface area (Å²) < 4.78 is 27.9. The number of aryl methyl sites for hydroxylation is 2. The summed E-state index contributed by atoms with van der Waals surface area (Å²) in [7, 11) is -3.49. The van der Waals surface area contributed by atoms with Crippen molar-refractivity contribution in [3.63, 3.8) is 0 Å². The molecule has 0 saturated carbocycles. The molecule has 5 nitrogen and oxygen atoms in total. The van der Waals surface area contributed by atoms with Crippen LogP contribution in [0.3, 0.4) is 0 Å². The Balaban J connectivity index is 1.58. The number of piperazine rings is 1. The summed E-state index contributed by atoms with van der Waals surface area (Å²) in [5.74, 6) is 0. The molecule has 0 atom stereocenters. The summed E-state index contributed by atoms with van der Waals surface area (Å²) in [5.41, 5.74) is 3.63. The number of nitrogens with zero attached hydrogens (tertiary/aromatic N) is 3. The fourth-order valence-electron chi connectivity index (χ4n) is 3.68. The highest BCUT2D eigenvalue weighted by Gasteiger charge is 2.30. The fraction of sp³-hybridized carbons (Fsp3) is 0.286. The lowest BCUT2D eigenvalue weighted by Gasteiger charge is -2.36. The molecule has 1 fully saturated rings. The maximum atomic E-state index is 13.1. The number of benzene rings is 2. The second kappa shape index (κ2) is 7.35. The highest BCUT2D eigenvalue weighted by molar-refractivity contribution is 7.89. The van der Waals surface area contributed by atoms with Crippen LogP contribution in [-0.2, 0) is 10.0 Å². The number of halogens is 1. The zero-order valence-corrected chi connectivity index (χ0v) is 17.5. The molecular weight excluding hydrogens is 394 g/mol. The molecule has 4 rings (SSSR count). The SMILES string of the molecule is Cc1ccc(C)c(S(=O)(=O)N2CCN(c3ccnc4cc(Cl)ccc34)CC2)c1. The largest absolute Gasteiger partial charge is 0.368 e. The van der Waals surface area contributed by atoms with Gasteiger partial charge in [0.25, 0.3) is 0 Å². The minimum atomic E-state index is -3.49. The van der Waals surface area contributed by atoms with Crippen LogP contribution in [0.4, 0.5) is 5.69 Å². The number of fused-ring (bicyclic) bond motifs is 1. The van der Waals surface area contributed by atoms with E-state index in [0.717, 1.165) is 27.7 Å². The van der Waals surface area contributed by atoms with E-state index in [2.05, 4.69) is 9.88 Å². The number of anilines is 1. The van der Waals surface area contributed by atoms with E-state index < -0.39 is 10.0 Å². The normalized spacial score (nSPS) is 15.9. The Morgan fingerprint density at radius 1 is 0.964 bits per heavy atom. The number of pyridine rings is 1. The van der Waals surface area contributed by atoms with E-state index in [0.29, 0.717) is 36.1 Å². The van der Waals surface area contributed by atoms with Gasteiger partial charge in [0.15, 0.2) is 0 Å². The average Bonchev–Trinajstić information content (AvgIpc) is 2.69. The van der Waals surface area contributed by atoms with Crippen LogP contribution < -0.4 is 4.90 Å².